The van der Waals surface area contributed by atoms with Crippen molar-refractivity contribution in [2.24, 2.45) is 0 Å². The van der Waals surface area contributed by atoms with Gasteiger partial charge < -0.3 is 0 Å². The van der Waals surface area contributed by atoms with Gasteiger partial charge in [0.1, 0.15) is 11.6 Å². The second kappa shape index (κ2) is 5.70. The molecule has 0 saturated carbocycles. The van der Waals surface area contributed by atoms with E-state index < -0.39 is 0 Å². The van der Waals surface area contributed by atoms with Gasteiger partial charge in [0.05, 0.1) is 5.38 Å². The summed E-state index contributed by atoms with van der Waals surface area (Å²) in [5, 5.41) is -0.292. The zero-order valence-corrected chi connectivity index (χ0v) is 11.6. The smallest absolute Gasteiger partial charge is 0.129 e. The average molecular weight is 281 g/mol. The van der Waals surface area contributed by atoms with Crippen LogP contribution in [0.25, 0.3) is 0 Å². The van der Waals surface area contributed by atoms with Gasteiger partial charge >= 0.3 is 0 Å². The maximum Gasteiger partial charge on any atom is 0.129 e. The lowest BCUT2D eigenvalue weighted by Crippen LogP contribution is -1.99. The average Bonchev–Trinajstić information content (AvgIpc) is 2.35. The van der Waals surface area contributed by atoms with Crippen molar-refractivity contribution in [1.82, 2.24) is 0 Å². The predicted octanol–water partition coefficient (Wildman–Crippen LogP) is 5.10. The van der Waals surface area contributed by atoms with Crippen LogP contribution in [0.2, 0.25) is 0 Å². The molecule has 19 heavy (non-hydrogen) atoms. The second-order valence-corrected chi connectivity index (χ2v) is 5.30. The maximum absolute atomic E-state index is 13.6. The largest absolute Gasteiger partial charge is 0.207 e. The molecule has 0 aliphatic carbocycles. The summed E-state index contributed by atoms with van der Waals surface area (Å²) >= 11 is 6.34. The number of hydrogen-bond acceptors (Lipinski definition) is 0. The van der Waals surface area contributed by atoms with Crippen LogP contribution in [0.3, 0.4) is 0 Å². The van der Waals surface area contributed by atoms with Gasteiger partial charge in [0.2, 0.25) is 0 Å². The number of halogens is 3. The molecule has 3 heteroatoms. The number of hydrogen-bond donors (Lipinski definition) is 0. The van der Waals surface area contributed by atoms with Crippen LogP contribution in [-0.2, 0) is 6.42 Å². The molecule has 2 aromatic carbocycles. The third-order valence-corrected chi connectivity index (χ3v) is 3.53. The van der Waals surface area contributed by atoms with E-state index in [1.165, 1.54) is 12.1 Å². The fourth-order valence-electron chi connectivity index (χ4n) is 2.15. The summed E-state index contributed by atoms with van der Waals surface area (Å²) in [5.74, 6) is -0.466. The molecular weight excluding hydrogens is 266 g/mol. The second-order valence-electron chi connectivity index (χ2n) is 4.77. The Morgan fingerprint density at radius 1 is 1.05 bits per heavy atom. The van der Waals surface area contributed by atoms with Crippen LogP contribution in [0.15, 0.2) is 36.4 Å². The van der Waals surface area contributed by atoms with Crippen LogP contribution in [0.5, 0.6) is 0 Å². The molecule has 0 heterocycles. The number of rotatable bonds is 3. The minimum atomic E-state index is -0.292. The normalized spacial score (nSPS) is 12.5. The Hall–Kier alpha value is -1.41. The van der Waals surface area contributed by atoms with Gasteiger partial charge in [-0.25, -0.2) is 8.78 Å². The van der Waals surface area contributed by atoms with Gasteiger partial charge in [-0.1, -0.05) is 24.3 Å². The van der Waals surface area contributed by atoms with E-state index in [0.29, 0.717) is 17.5 Å². The van der Waals surface area contributed by atoms with Gasteiger partial charge in [0.15, 0.2) is 0 Å². The van der Waals surface area contributed by atoms with Crippen LogP contribution in [0.4, 0.5) is 8.78 Å². The van der Waals surface area contributed by atoms with Crippen LogP contribution in [0, 0.1) is 25.5 Å². The van der Waals surface area contributed by atoms with E-state index in [1.807, 2.05) is 6.07 Å². The molecule has 0 radical (unpaired) electrons. The SMILES string of the molecule is Cc1cc(C(Cl)Cc2cccc(F)c2)cc(C)c1F. The molecule has 0 saturated heterocycles. The van der Waals surface area contributed by atoms with Gasteiger partial charge in [-0.05, 0) is 54.7 Å². The fourth-order valence-corrected chi connectivity index (χ4v) is 2.45. The van der Waals surface area contributed by atoms with Crippen LogP contribution in [-0.4, -0.2) is 0 Å². The van der Waals surface area contributed by atoms with Crippen molar-refractivity contribution in [3.63, 3.8) is 0 Å². The van der Waals surface area contributed by atoms with Gasteiger partial charge in [-0.15, -0.1) is 11.6 Å². The summed E-state index contributed by atoms with van der Waals surface area (Å²) in [6.45, 7) is 3.44. The Morgan fingerprint density at radius 3 is 2.26 bits per heavy atom. The molecule has 2 rings (SSSR count). The molecule has 0 spiro atoms. The molecular formula is C16H15ClF2. The Balaban J connectivity index is 2.23. The van der Waals surface area contributed by atoms with Crippen molar-refractivity contribution in [2.75, 3.05) is 0 Å². The van der Waals surface area contributed by atoms with E-state index in [2.05, 4.69) is 0 Å². The molecule has 0 N–H and O–H groups in total. The fraction of sp³-hybridized carbons (Fsp3) is 0.250. The molecule has 0 nitrogen and oxygen atoms in total. The lowest BCUT2D eigenvalue weighted by Gasteiger charge is -2.13. The van der Waals surface area contributed by atoms with Crippen molar-refractivity contribution >= 4 is 11.6 Å². The summed E-state index contributed by atoms with van der Waals surface area (Å²) in [6, 6.07) is 9.87. The first-order valence-electron chi connectivity index (χ1n) is 6.12. The van der Waals surface area contributed by atoms with E-state index in [1.54, 1.807) is 32.0 Å². The van der Waals surface area contributed by atoms with Gasteiger partial charge in [0, 0.05) is 0 Å². The lowest BCUT2D eigenvalue weighted by molar-refractivity contribution is 0.607. The van der Waals surface area contributed by atoms with E-state index in [-0.39, 0.29) is 17.0 Å². The van der Waals surface area contributed by atoms with Crippen LogP contribution < -0.4 is 0 Å². The zero-order chi connectivity index (χ0) is 14.0. The van der Waals surface area contributed by atoms with Crippen LogP contribution >= 0.6 is 11.6 Å². The standard InChI is InChI=1S/C16H15ClF2/c1-10-6-13(7-11(2)16(10)19)15(17)9-12-4-3-5-14(18)8-12/h3-8,15H,9H2,1-2H3. The highest BCUT2D eigenvalue weighted by Crippen LogP contribution is 2.28. The molecule has 100 valence electrons. The van der Waals surface area contributed by atoms with Gasteiger partial charge in [-0.2, -0.15) is 0 Å². The molecule has 1 atom stereocenters. The number of benzene rings is 2. The van der Waals surface area contributed by atoms with Crippen molar-refractivity contribution in [3.05, 3.63) is 70.3 Å². The van der Waals surface area contributed by atoms with Crippen molar-refractivity contribution in [2.45, 2.75) is 25.6 Å². The van der Waals surface area contributed by atoms with Gasteiger partial charge in [-0.3, -0.25) is 0 Å². The van der Waals surface area contributed by atoms with Crippen molar-refractivity contribution in [1.29, 1.82) is 0 Å². The number of aryl methyl sites for hydroxylation is 2. The third kappa shape index (κ3) is 3.32. The van der Waals surface area contributed by atoms with Gasteiger partial charge in [0.25, 0.3) is 0 Å². The summed E-state index contributed by atoms with van der Waals surface area (Å²) in [7, 11) is 0. The highest BCUT2D eigenvalue weighted by Gasteiger charge is 2.13. The van der Waals surface area contributed by atoms with Crippen molar-refractivity contribution in [3.8, 4) is 0 Å². The molecule has 0 fully saturated rings. The molecule has 0 amide bonds. The number of alkyl halides is 1. The van der Waals surface area contributed by atoms with Crippen molar-refractivity contribution < 1.29 is 8.78 Å². The first-order valence-corrected chi connectivity index (χ1v) is 6.56. The summed E-state index contributed by atoms with van der Waals surface area (Å²) in [6.07, 6.45) is 0.518. The van der Waals surface area contributed by atoms with E-state index in [4.69, 9.17) is 11.6 Å². The summed E-state index contributed by atoms with van der Waals surface area (Å²) in [4.78, 5) is 0. The molecule has 0 aromatic heterocycles. The Labute approximate surface area is 117 Å². The summed E-state index contributed by atoms with van der Waals surface area (Å²) in [5.41, 5.74) is 2.86. The van der Waals surface area contributed by atoms with E-state index in [9.17, 15) is 8.78 Å². The predicted molar refractivity (Wildman–Crippen MR) is 74.6 cm³/mol. The Bertz CT molecular complexity index is 570. The van der Waals surface area contributed by atoms with E-state index >= 15 is 0 Å². The molecule has 1 unspecified atom stereocenters. The molecule has 0 aliphatic rings. The highest BCUT2D eigenvalue weighted by atomic mass is 35.5. The Kier molecular flexibility index (Phi) is 4.20. The maximum atomic E-state index is 13.6. The molecule has 2 aromatic rings. The lowest BCUT2D eigenvalue weighted by atomic mass is 9.99. The monoisotopic (exact) mass is 280 g/mol. The quantitative estimate of drug-likeness (QED) is 0.686. The van der Waals surface area contributed by atoms with E-state index in [0.717, 1.165) is 11.1 Å². The zero-order valence-electron chi connectivity index (χ0n) is 10.9. The first kappa shape index (κ1) is 14.0. The highest BCUT2D eigenvalue weighted by molar-refractivity contribution is 6.20. The Morgan fingerprint density at radius 2 is 1.68 bits per heavy atom. The van der Waals surface area contributed by atoms with Crippen LogP contribution in [0.1, 0.15) is 27.6 Å². The first-order chi connectivity index (χ1) is 8.97. The molecule has 0 aliphatic heterocycles. The summed E-state index contributed by atoms with van der Waals surface area (Å²) < 4.78 is 26.7. The topological polar surface area (TPSA) is 0 Å². The minimum absolute atomic E-state index is 0.196. The third-order valence-electron chi connectivity index (χ3n) is 3.12. The minimum Gasteiger partial charge on any atom is -0.207 e. The molecule has 0 bridgehead atoms.